The number of fused-ring (bicyclic) bond motifs is 1. The molecule has 0 saturated heterocycles. The van der Waals surface area contributed by atoms with Gasteiger partial charge < -0.3 is 5.32 Å². The summed E-state index contributed by atoms with van der Waals surface area (Å²) < 4.78 is 13.6. The quantitative estimate of drug-likeness (QED) is 0.828. The lowest BCUT2D eigenvalue weighted by Crippen LogP contribution is -2.35. The molecule has 0 aliphatic rings. The second kappa shape index (κ2) is 4.72. The fourth-order valence-corrected chi connectivity index (χ4v) is 2.42. The van der Waals surface area contributed by atoms with E-state index in [9.17, 15) is 9.18 Å². The molecular weight excluding hydrogens is 225 g/mol. The number of thiophene rings is 1. The third kappa shape index (κ3) is 1.99. The molecule has 0 aliphatic heterocycles. The van der Waals surface area contributed by atoms with Crippen LogP contribution < -0.4 is 5.32 Å². The standard InChI is InChI=1S/C12H12FNOS/c1-14-10(7-13)12(15)9-3-2-8-4-5-16-11(8)6-9/h2-6,10,14H,7H2,1H3. The van der Waals surface area contributed by atoms with Crippen molar-refractivity contribution in [1.82, 2.24) is 5.32 Å². The SMILES string of the molecule is CNC(CF)C(=O)c1ccc2ccsc2c1. The van der Waals surface area contributed by atoms with E-state index in [2.05, 4.69) is 5.32 Å². The smallest absolute Gasteiger partial charge is 0.182 e. The lowest BCUT2D eigenvalue weighted by Gasteiger charge is -2.10. The Labute approximate surface area is 97.1 Å². The minimum Gasteiger partial charge on any atom is -0.308 e. The number of likely N-dealkylation sites (N-methyl/N-ethyl adjacent to an activating group) is 1. The molecule has 0 spiro atoms. The molecule has 16 heavy (non-hydrogen) atoms. The Kier molecular flexibility index (Phi) is 3.31. The summed E-state index contributed by atoms with van der Waals surface area (Å²) in [6.45, 7) is -0.683. The fourth-order valence-electron chi connectivity index (χ4n) is 1.59. The van der Waals surface area contributed by atoms with Crippen LogP contribution in [0.1, 0.15) is 10.4 Å². The minimum atomic E-state index is -0.739. The molecule has 1 aromatic heterocycles. The average molecular weight is 237 g/mol. The second-order valence-electron chi connectivity index (χ2n) is 3.53. The van der Waals surface area contributed by atoms with Crippen molar-refractivity contribution in [1.29, 1.82) is 0 Å². The van der Waals surface area contributed by atoms with E-state index in [1.54, 1.807) is 24.5 Å². The number of ketones is 1. The van der Waals surface area contributed by atoms with Crippen LogP contribution in [0.3, 0.4) is 0 Å². The van der Waals surface area contributed by atoms with Crippen LogP contribution in [0.25, 0.3) is 10.1 Å². The molecule has 2 aromatic rings. The van der Waals surface area contributed by atoms with E-state index >= 15 is 0 Å². The molecule has 0 aliphatic carbocycles. The zero-order valence-electron chi connectivity index (χ0n) is 8.87. The Balaban J connectivity index is 2.35. The van der Waals surface area contributed by atoms with Crippen molar-refractivity contribution < 1.29 is 9.18 Å². The van der Waals surface area contributed by atoms with Crippen LogP contribution >= 0.6 is 11.3 Å². The highest BCUT2D eigenvalue weighted by Crippen LogP contribution is 2.22. The number of benzene rings is 1. The lowest BCUT2D eigenvalue weighted by atomic mass is 10.0. The number of nitrogens with one attached hydrogen (secondary N) is 1. The van der Waals surface area contributed by atoms with Crippen LogP contribution in [0.15, 0.2) is 29.6 Å². The summed E-state index contributed by atoms with van der Waals surface area (Å²) in [6, 6.07) is 6.72. The topological polar surface area (TPSA) is 29.1 Å². The highest BCUT2D eigenvalue weighted by molar-refractivity contribution is 7.17. The Morgan fingerprint density at radius 1 is 1.50 bits per heavy atom. The average Bonchev–Trinajstić information content (AvgIpc) is 2.77. The summed E-state index contributed by atoms with van der Waals surface area (Å²) in [6.07, 6.45) is 0. The van der Waals surface area contributed by atoms with Crippen molar-refractivity contribution >= 4 is 27.2 Å². The molecule has 0 saturated carbocycles. The van der Waals surface area contributed by atoms with E-state index < -0.39 is 12.7 Å². The summed E-state index contributed by atoms with van der Waals surface area (Å²) in [5, 5.41) is 5.76. The van der Waals surface area contributed by atoms with Gasteiger partial charge in [0.05, 0.1) is 6.04 Å². The van der Waals surface area contributed by atoms with Gasteiger partial charge in [0.15, 0.2) is 5.78 Å². The minimum absolute atomic E-state index is 0.194. The number of Topliss-reactive ketones (excluding diaryl/α,β-unsaturated/α-hetero) is 1. The number of carbonyl (C=O) groups excluding carboxylic acids is 1. The normalized spacial score (nSPS) is 12.9. The van der Waals surface area contributed by atoms with Crippen molar-refractivity contribution in [3.63, 3.8) is 0 Å². The number of carbonyl (C=O) groups is 1. The maximum atomic E-state index is 12.6. The van der Waals surface area contributed by atoms with Gasteiger partial charge in [0, 0.05) is 10.3 Å². The largest absolute Gasteiger partial charge is 0.308 e. The van der Waals surface area contributed by atoms with Gasteiger partial charge in [-0.05, 0) is 29.9 Å². The molecule has 84 valence electrons. The van der Waals surface area contributed by atoms with Crippen LogP contribution in [0.4, 0.5) is 4.39 Å². The van der Waals surface area contributed by atoms with Gasteiger partial charge in [-0.25, -0.2) is 4.39 Å². The highest BCUT2D eigenvalue weighted by Gasteiger charge is 2.18. The van der Waals surface area contributed by atoms with Gasteiger partial charge in [0.25, 0.3) is 0 Å². The summed E-state index contributed by atoms with van der Waals surface area (Å²) >= 11 is 1.58. The van der Waals surface area contributed by atoms with Gasteiger partial charge in [-0.15, -0.1) is 11.3 Å². The molecule has 1 atom stereocenters. The van der Waals surface area contributed by atoms with Gasteiger partial charge in [-0.2, -0.15) is 0 Å². The van der Waals surface area contributed by atoms with Gasteiger partial charge >= 0.3 is 0 Å². The van der Waals surface area contributed by atoms with Crippen molar-refractivity contribution in [2.75, 3.05) is 13.7 Å². The molecule has 0 bridgehead atoms. The van der Waals surface area contributed by atoms with Gasteiger partial charge in [0.1, 0.15) is 6.67 Å². The number of hydrogen-bond donors (Lipinski definition) is 1. The molecule has 1 aromatic carbocycles. The maximum absolute atomic E-state index is 12.6. The zero-order valence-corrected chi connectivity index (χ0v) is 9.68. The summed E-state index contributed by atoms with van der Waals surface area (Å²) in [5.41, 5.74) is 0.562. The van der Waals surface area contributed by atoms with Crippen molar-refractivity contribution in [3.05, 3.63) is 35.2 Å². The van der Waals surface area contributed by atoms with E-state index in [-0.39, 0.29) is 5.78 Å². The first-order valence-corrected chi connectivity index (χ1v) is 5.89. The first-order chi connectivity index (χ1) is 7.76. The van der Waals surface area contributed by atoms with E-state index in [4.69, 9.17) is 0 Å². The van der Waals surface area contributed by atoms with Crippen LogP contribution in [0, 0.1) is 0 Å². The lowest BCUT2D eigenvalue weighted by molar-refractivity contribution is 0.0933. The van der Waals surface area contributed by atoms with Crippen molar-refractivity contribution in [2.45, 2.75) is 6.04 Å². The Morgan fingerprint density at radius 2 is 2.31 bits per heavy atom. The summed E-state index contributed by atoms with van der Waals surface area (Å²) in [7, 11) is 1.59. The predicted octanol–water partition coefficient (Wildman–Crippen LogP) is 2.64. The number of rotatable bonds is 4. The van der Waals surface area contributed by atoms with Crippen molar-refractivity contribution in [3.8, 4) is 0 Å². The molecule has 1 N–H and O–H groups in total. The number of alkyl halides is 1. The molecule has 2 nitrogen and oxygen atoms in total. The first-order valence-electron chi connectivity index (χ1n) is 5.01. The third-order valence-corrected chi connectivity index (χ3v) is 3.44. The van der Waals surface area contributed by atoms with Crippen LogP contribution in [0.2, 0.25) is 0 Å². The molecule has 4 heteroatoms. The first kappa shape index (κ1) is 11.2. The Morgan fingerprint density at radius 3 is 3.00 bits per heavy atom. The predicted molar refractivity (Wildman–Crippen MR) is 65.0 cm³/mol. The zero-order chi connectivity index (χ0) is 11.5. The van der Waals surface area contributed by atoms with Crippen LogP contribution in [0.5, 0.6) is 0 Å². The van der Waals surface area contributed by atoms with Gasteiger partial charge in [0.2, 0.25) is 0 Å². The monoisotopic (exact) mass is 237 g/mol. The maximum Gasteiger partial charge on any atom is 0.182 e. The second-order valence-corrected chi connectivity index (χ2v) is 4.48. The van der Waals surface area contributed by atoms with Gasteiger partial charge in [-0.3, -0.25) is 4.79 Å². The van der Waals surface area contributed by atoms with Crippen LogP contribution in [-0.4, -0.2) is 25.5 Å². The van der Waals surface area contributed by atoms with Gasteiger partial charge in [-0.1, -0.05) is 12.1 Å². The fraction of sp³-hybridized carbons (Fsp3) is 0.250. The van der Waals surface area contributed by atoms with Crippen LogP contribution in [-0.2, 0) is 0 Å². The molecule has 0 fully saturated rings. The highest BCUT2D eigenvalue weighted by atomic mass is 32.1. The van der Waals surface area contributed by atoms with Crippen molar-refractivity contribution in [2.24, 2.45) is 0 Å². The summed E-state index contributed by atoms with van der Waals surface area (Å²) in [5.74, 6) is -0.194. The molecule has 1 unspecified atom stereocenters. The molecular formula is C12H12FNOS. The molecule has 0 amide bonds. The Bertz CT molecular complexity index is 504. The Hall–Kier alpha value is -1.26. The molecule has 2 rings (SSSR count). The van der Waals surface area contributed by atoms with E-state index in [0.29, 0.717) is 5.56 Å². The third-order valence-electron chi connectivity index (χ3n) is 2.56. The van der Waals surface area contributed by atoms with E-state index in [1.165, 1.54) is 0 Å². The molecule has 0 radical (unpaired) electrons. The van der Waals surface area contributed by atoms with E-state index in [1.807, 2.05) is 23.6 Å². The number of halogens is 1. The summed E-state index contributed by atoms with van der Waals surface area (Å²) in [4.78, 5) is 11.9. The molecule has 1 heterocycles. The number of hydrogen-bond acceptors (Lipinski definition) is 3. The van der Waals surface area contributed by atoms with E-state index in [0.717, 1.165) is 10.1 Å².